The molecule has 1 aliphatic heterocycles. The zero-order valence-corrected chi connectivity index (χ0v) is 13.5. The Balaban J connectivity index is 1.62. The van der Waals surface area contributed by atoms with Gasteiger partial charge in [0.1, 0.15) is 6.10 Å². The van der Waals surface area contributed by atoms with Crippen LogP contribution in [0.15, 0.2) is 47.3 Å². The molecule has 0 aliphatic carbocycles. The summed E-state index contributed by atoms with van der Waals surface area (Å²) in [4.78, 5) is 4.06. The molecule has 2 aromatic rings. The third kappa shape index (κ3) is 3.73. The highest BCUT2D eigenvalue weighted by Gasteiger charge is 2.31. The minimum Gasteiger partial charge on any atom is -0.465 e. The molecule has 1 atom stereocenters. The molecule has 1 saturated heterocycles. The maximum Gasteiger partial charge on any atom is 0.273 e. The van der Waals surface area contributed by atoms with E-state index in [4.69, 9.17) is 4.74 Å². The molecule has 0 radical (unpaired) electrons. The van der Waals surface area contributed by atoms with Crippen LogP contribution in [0.4, 0.5) is 0 Å². The molecule has 1 aliphatic rings. The van der Waals surface area contributed by atoms with E-state index in [1.807, 2.05) is 35.7 Å². The van der Waals surface area contributed by atoms with E-state index in [1.54, 1.807) is 12.3 Å². The van der Waals surface area contributed by atoms with Crippen LogP contribution in [-0.4, -0.2) is 36.9 Å². The van der Waals surface area contributed by atoms with Crippen molar-refractivity contribution in [2.45, 2.75) is 12.5 Å². The normalized spacial score (nSPS) is 19.7. The number of hydrogen-bond donors (Lipinski definition) is 0. The van der Waals surface area contributed by atoms with E-state index in [0.29, 0.717) is 24.7 Å². The molecule has 0 saturated carbocycles. The molecule has 2 heterocycles. The minimum atomic E-state index is -3.41. The number of ether oxygens (including phenoxy) is 1. The van der Waals surface area contributed by atoms with Crippen LogP contribution in [0.25, 0.3) is 6.08 Å². The van der Waals surface area contributed by atoms with E-state index in [2.05, 4.69) is 4.98 Å². The van der Waals surface area contributed by atoms with Crippen molar-refractivity contribution >= 4 is 27.4 Å². The van der Waals surface area contributed by atoms with Gasteiger partial charge in [-0.1, -0.05) is 41.7 Å². The molecule has 5 nitrogen and oxygen atoms in total. The summed E-state index contributed by atoms with van der Waals surface area (Å²) in [6, 6.07) is 9.38. The van der Waals surface area contributed by atoms with Gasteiger partial charge < -0.3 is 4.74 Å². The molecule has 3 rings (SSSR count). The lowest BCUT2D eigenvalue weighted by atomic mass is 10.2. The summed E-state index contributed by atoms with van der Waals surface area (Å²) in [6.07, 6.45) is 3.83. The summed E-state index contributed by atoms with van der Waals surface area (Å²) in [5.41, 5.74) is 0.862. The summed E-state index contributed by atoms with van der Waals surface area (Å²) in [5, 5.41) is 3.68. The molecule has 0 spiro atoms. The van der Waals surface area contributed by atoms with E-state index >= 15 is 0 Å². The van der Waals surface area contributed by atoms with Crippen molar-refractivity contribution in [1.29, 1.82) is 0 Å². The third-order valence-electron chi connectivity index (χ3n) is 3.38. The maximum atomic E-state index is 12.3. The fourth-order valence-electron chi connectivity index (χ4n) is 2.25. The Kier molecular flexibility index (Phi) is 4.56. The van der Waals surface area contributed by atoms with Gasteiger partial charge in [-0.3, -0.25) is 0 Å². The van der Waals surface area contributed by atoms with Crippen molar-refractivity contribution in [3.63, 3.8) is 0 Å². The summed E-state index contributed by atoms with van der Waals surface area (Å²) >= 11 is 1.41. The van der Waals surface area contributed by atoms with Gasteiger partial charge in [-0.2, -0.15) is 4.31 Å². The maximum absolute atomic E-state index is 12.3. The highest BCUT2D eigenvalue weighted by atomic mass is 32.2. The van der Waals surface area contributed by atoms with Crippen LogP contribution in [0, 0.1) is 0 Å². The second kappa shape index (κ2) is 6.60. The topological polar surface area (TPSA) is 59.5 Å². The first-order chi connectivity index (χ1) is 10.6. The lowest BCUT2D eigenvalue weighted by Gasteiger charge is -2.14. The summed E-state index contributed by atoms with van der Waals surface area (Å²) in [5.74, 6) is 0. The summed E-state index contributed by atoms with van der Waals surface area (Å²) < 4.78 is 31.8. The number of aromatic nitrogens is 1. The smallest absolute Gasteiger partial charge is 0.273 e. The Morgan fingerprint density at radius 1 is 1.32 bits per heavy atom. The fourth-order valence-corrected chi connectivity index (χ4v) is 4.04. The van der Waals surface area contributed by atoms with Gasteiger partial charge in [0.15, 0.2) is 0 Å². The molecule has 7 heteroatoms. The van der Waals surface area contributed by atoms with E-state index in [1.165, 1.54) is 21.1 Å². The zero-order valence-electron chi connectivity index (χ0n) is 11.8. The first kappa shape index (κ1) is 15.2. The summed E-state index contributed by atoms with van der Waals surface area (Å²) in [6.45, 7) is 0.832. The molecule has 22 heavy (non-hydrogen) atoms. The number of hydrogen-bond acceptors (Lipinski definition) is 5. The monoisotopic (exact) mass is 336 g/mol. The standard InChI is InChI=1S/C15H16N2O3S2/c18-22(19,11-7-13-4-2-1-3-5-13)17-9-6-14(12-17)20-15-16-8-10-21-15/h1-5,7-8,10-11,14H,6,9,12H2/b11-7+. The predicted octanol–water partition coefficient (Wildman–Crippen LogP) is 2.60. The van der Waals surface area contributed by atoms with Crippen LogP contribution in [0.1, 0.15) is 12.0 Å². The van der Waals surface area contributed by atoms with Crippen molar-refractivity contribution in [2.75, 3.05) is 13.1 Å². The van der Waals surface area contributed by atoms with Crippen LogP contribution >= 0.6 is 11.3 Å². The Hall–Kier alpha value is -1.70. The van der Waals surface area contributed by atoms with Gasteiger partial charge >= 0.3 is 0 Å². The fraction of sp³-hybridized carbons (Fsp3) is 0.267. The number of sulfonamides is 1. The van der Waals surface area contributed by atoms with E-state index < -0.39 is 10.0 Å². The van der Waals surface area contributed by atoms with Crippen LogP contribution in [0.2, 0.25) is 0 Å². The highest BCUT2D eigenvalue weighted by Crippen LogP contribution is 2.22. The highest BCUT2D eigenvalue weighted by molar-refractivity contribution is 7.92. The van der Waals surface area contributed by atoms with Crippen LogP contribution in [0.3, 0.4) is 0 Å². The zero-order chi connectivity index (χ0) is 15.4. The number of benzene rings is 1. The van der Waals surface area contributed by atoms with Crippen LogP contribution < -0.4 is 4.74 Å². The van der Waals surface area contributed by atoms with Crippen molar-refractivity contribution in [2.24, 2.45) is 0 Å². The van der Waals surface area contributed by atoms with Gasteiger partial charge in [0.05, 0.1) is 6.54 Å². The van der Waals surface area contributed by atoms with Crippen molar-refractivity contribution in [1.82, 2.24) is 9.29 Å². The Morgan fingerprint density at radius 2 is 2.14 bits per heavy atom. The van der Waals surface area contributed by atoms with E-state index in [9.17, 15) is 8.42 Å². The van der Waals surface area contributed by atoms with Crippen molar-refractivity contribution in [3.05, 3.63) is 52.9 Å². The van der Waals surface area contributed by atoms with Gasteiger partial charge in [-0.05, 0) is 18.1 Å². The number of thiazole rings is 1. The van der Waals surface area contributed by atoms with Crippen molar-refractivity contribution < 1.29 is 13.2 Å². The Morgan fingerprint density at radius 3 is 2.86 bits per heavy atom. The van der Waals surface area contributed by atoms with Gasteiger partial charge in [0.2, 0.25) is 10.0 Å². The summed E-state index contributed by atoms with van der Waals surface area (Å²) in [7, 11) is -3.41. The molecule has 1 fully saturated rings. The first-order valence-corrected chi connectivity index (χ1v) is 9.31. The minimum absolute atomic E-state index is 0.133. The van der Waals surface area contributed by atoms with Gasteiger partial charge in [-0.25, -0.2) is 13.4 Å². The molecule has 1 aromatic heterocycles. The van der Waals surface area contributed by atoms with E-state index in [0.717, 1.165) is 5.56 Å². The average Bonchev–Trinajstić information content (AvgIpc) is 3.19. The number of nitrogens with zero attached hydrogens (tertiary/aromatic N) is 2. The van der Waals surface area contributed by atoms with E-state index in [-0.39, 0.29) is 6.10 Å². The largest absolute Gasteiger partial charge is 0.465 e. The van der Waals surface area contributed by atoms with Crippen molar-refractivity contribution in [3.8, 4) is 5.19 Å². The van der Waals surface area contributed by atoms with Crippen LogP contribution in [-0.2, 0) is 10.0 Å². The molecule has 1 aromatic carbocycles. The predicted molar refractivity (Wildman–Crippen MR) is 87.1 cm³/mol. The second-order valence-electron chi connectivity index (χ2n) is 4.94. The number of rotatable bonds is 5. The Bertz CT molecular complexity index is 727. The lowest BCUT2D eigenvalue weighted by Crippen LogP contribution is -2.29. The van der Waals surface area contributed by atoms with Gasteiger partial charge in [0, 0.05) is 23.5 Å². The third-order valence-corrected chi connectivity index (χ3v) is 5.57. The quantitative estimate of drug-likeness (QED) is 0.842. The molecular formula is C15H16N2O3S2. The molecule has 0 bridgehead atoms. The molecule has 0 N–H and O–H groups in total. The SMILES string of the molecule is O=S(=O)(/C=C/c1ccccc1)N1CCC(Oc2nccs2)C1. The first-order valence-electron chi connectivity index (χ1n) is 6.93. The lowest BCUT2D eigenvalue weighted by molar-refractivity contribution is 0.215. The molecular weight excluding hydrogens is 320 g/mol. The second-order valence-corrected chi connectivity index (χ2v) is 7.62. The average molecular weight is 336 g/mol. The van der Waals surface area contributed by atoms with Gasteiger partial charge in [-0.15, -0.1) is 0 Å². The molecule has 116 valence electrons. The Labute approximate surface area is 133 Å². The molecule has 1 unspecified atom stereocenters. The van der Waals surface area contributed by atoms with Gasteiger partial charge in [0.25, 0.3) is 5.19 Å². The molecule has 0 amide bonds. The van der Waals surface area contributed by atoms with Crippen LogP contribution in [0.5, 0.6) is 5.19 Å².